The molecule has 0 aromatic carbocycles. The number of nitrogens with one attached hydrogen (secondary N) is 2. The molecule has 9 heavy (non-hydrogen) atoms. The molecule has 0 fully saturated rings. The van der Waals surface area contributed by atoms with Crippen LogP contribution in [0, 0.1) is 0 Å². The van der Waals surface area contributed by atoms with E-state index in [1.165, 1.54) is 6.07 Å². The minimum absolute atomic E-state index is 0.162. The van der Waals surface area contributed by atoms with Gasteiger partial charge in [-0.15, -0.1) is 0 Å². The molecule has 0 aliphatic carbocycles. The Balaban J connectivity index is 3.08. The summed E-state index contributed by atoms with van der Waals surface area (Å²) in [7, 11) is 0. The van der Waals surface area contributed by atoms with Crippen LogP contribution in [0.3, 0.4) is 0 Å². The van der Waals surface area contributed by atoms with Crippen molar-refractivity contribution in [3.63, 3.8) is 0 Å². The minimum atomic E-state index is -0.162. The summed E-state index contributed by atoms with van der Waals surface area (Å²) in [6.07, 6.45) is 0. The van der Waals surface area contributed by atoms with Crippen molar-refractivity contribution in [1.82, 2.24) is 4.98 Å². The second kappa shape index (κ2) is 2.32. The number of nitrogen functional groups attached to an aromatic ring is 1. The summed E-state index contributed by atoms with van der Waals surface area (Å²) < 4.78 is 0. The molecule has 1 heterocycles. The van der Waals surface area contributed by atoms with E-state index in [0.29, 0.717) is 5.82 Å². The third-order valence-electron chi connectivity index (χ3n) is 0.924. The second-order valence-electron chi connectivity index (χ2n) is 1.57. The fourth-order valence-corrected chi connectivity index (χ4v) is 0.532. The molecule has 0 unspecified atom stereocenters. The monoisotopic (exact) mass is 125 g/mol. The summed E-state index contributed by atoms with van der Waals surface area (Å²) in [5, 5.41) is 0. The number of aromatic nitrogens is 1. The molecule has 4 heteroatoms. The van der Waals surface area contributed by atoms with Gasteiger partial charge in [0.05, 0.1) is 0 Å². The summed E-state index contributed by atoms with van der Waals surface area (Å²) in [5.74, 6) is 5.51. The lowest BCUT2D eigenvalue weighted by molar-refractivity contribution is 1.18. The van der Waals surface area contributed by atoms with E-state index in [4.69, 9.17) is 5.84 Å². The predicted molar refractivity (Wildman–Crippen MR) is 34.9 cm³/mol. The van der Waals surface area contributed by atoms with Gasteiger partial charge in [-0.1, -0.05) is 6.07 Å². The van der Waals surface area contributed by atoms with E-state index in [-0.39, 0.29) is 5.56 Å². The van der Waals surface area contributed by atoms with Gasteiger partial charge in [-0.2, -0.15) is 0 Å². The van der Waals surface area contributed by atoms with Crippen molar-refractivity contribution in [1.29, 1.82) is 0 Å². The van der Waals surface area contributed by atoms with Crippen LogP contribution in [0.2, 0.25) is 0 Å². The zero-order valence-electron chi connectivity index (χ0n) is 4.72. The molecular formula is C5H7N3O. The van der Waals surface area contributed by atoms with Gasteiger partial charge in [-0.3, -0.25) is 4.79 Å². The first-order chi connectivity index (χ1) is 4.33. The van der Waals surface area contributed by atoms with Crippen molar-refractivity contribution in [3.8, 4) is 0 Å². The van der Waals surface area contributed by atoms with E-state index in [1.54, 1.807) is 12.1 Å². The summed E-state index contributed by atoms with van der Waals surface area (Å²) in [4.78, 5) is 13.0. The van der Waals surface area contributed by atoms with E-state index in [1.807, 2.05) is 0 Å². The molecule has 4 N–H and O–H groups in total. The van der Waals surface area contributed by atoms with Crippen LogP contribution in [0.4, 0.5) is 5.82 Å². The molecule has 0 atom stereocenters. The summed E-state index contributed by atoms with van der Waals surface area (Å²) in [6, 6.07) is 4.70. The average molecular weight is 125 g/mol. The maximum absolute atomic E-state index is 10.5. The third kappa shape index (κ3) is 1.30. The fraction of sp³-hybridized carbons (Fsp3) is 0. The Morgan fingerprint density at radius 1 is 1.56 bits per heavy atom. The molecule has 1 rings (SSSR count). The normalized spacial score (nSPS) is 9.00. The van der Waals surface area contributed by atoms with Gasteiger partial charge in [0, 0.05) is 6.07 Å². The average Bonchev–Trinajstić information content (AvgIpc) is 1.88. The van der Waals surface area contributed by atoms with E-state index >= 15 is 0 Å². The van der Waals surface area contributed by atoms with Crippen molar-refractivity contribution in [2.45, 2.75) is 0 Å². The highest BCUT2D eigenvalue weighted by Gasteiger charge is 1.84. The van der Waals surface area contributed by atoms with Gasteiger partial charge in [0.1, 0.15) is 5.82 Å². The summed E-state index contributed by atoms with van der Waals surface area (Å²) >= 11 is 0. The van der Waals surface area contributed by atoms with Crippen LogP contribution >= 0.6 is 0 Å². The van der Waals surface area contributed by atoms with Gasteiger partial charge in [-0.25, -0.2) is 5.84 Å². The maximum Gasteiger partial charge on any atom is 0.249 e. The Hall–Kier alpha value is -1.29. The molecule has 1 aromatic heterocycles. The first-order valence-electron chi connectivity index (χ1n) is 2.49. The fourth-order valence-electron chi connectivity index (χ4n) is 0.532. The van der Waals surface area contributed by atoms with Crippen molar-refractivity contribution < 1.29 is 0 Å². The van der Waals surface area contributed by atoms with Crippen molar-refractivity contribution in [3.05, 3.63) is 28.6 Å². The molecule has 0 amide bonds. The molecule has 0 saturated carbocycles. The van der Waals surface area contributed by atoms with Crippen LogP contribution in [-0.4, -0.2) is 4.98 Å². The van der Waals surface area contributed by atoms with E-state index in [0.717, 1.165) is 0 Å². The lowest BCUT2D eigenvalue weighted by Gasteiger charge is -1.94. The smallest absolute Gasteiger partial charge is 0.249 e. The van der Waals surface area contributed by atoms with Crippen molar-refractivity contribution in [2.75, 3.05) is 5.43 Å². The molecule has 0 aliphatic heterocycles. The zero-order chi connectivity index (χ0) is 6.69. The van der Waals surface area contributed by atoms with Gasteiger partial charge in [0.2, 0.25) is 5.56 Å². The maximum atomic E-state index is 10.5. The van der Waals surface area contributed by atoms with Gasteiger partial charge < -0.3 is 10.4 Å². The topological polar surface area (TPSA) is 70.9 Å². The van der Waals surface area contributed by atoms with E-state index in [9.17, 15) is 4.79 Å². The summed E-state index contributed by atoms with van der Waals surface area (Å²) in [6.45, 7) is 0. The number of hydrazine groups is 1. The van der Waals surface area contributed by atoms with Crippen LogP contribution in [0.15, 0.2) is 23.0 Å². The van der Waals surface area contributed by atoms with Crippen LogP contribution in [0.25, 0.3) is 0 Å². The van der Waals surface area contributed by atoms with E-state index < -0.39 is 0 Å². The first kappa shape index (κ1) is 5.84. The van der Waals surface area contributed by atoms with Gasteiger partial charge in [0.25, 0.3) is 0 Å². The van der Waals surface area contributed by atoms with Gasteiger partial charge >= 0.3 is 0 Å². The van der Waals surface area contributed by atoms with Gasteiger partial charge in [0.15, 0.2) is 0 Å². The number of hydrogen-bond donors (Lipinski definition) is 3. The second-order valence-corrected chi connectivity index (χ2v) is 1.57. The van der Waals surface area contributed by atoms with Crippen molar-refractivity contribution in [2.24, 2.45) is 5.84 Å². The minimum Gasteiger partial charge on any atom is -0.310 e. The Morgan fingerprint density at radius 2 is 2.33 bits per heavy atom. The number of hydrogen-bond acceptors (Lipinski definition) is 3. The molecule has 48 valence electrons. The van der Waals surface area contributed by atoms with Crippen LogP contribution in [0.1, 0.15) is 0 Å². The lowest BCUT2D eigenvalue weighted by atomic mass is 10.5. The SMILES string of the molecule is NNc1cccc(=O)[nH]1. The number of aromatic amines is 1. The largest absolute Gasteiger partial charge is 0.310 e. The third-order valence-corrected chi connectivity index (χ3v) is 0.924. The number of anilines is 1. The standard InChI is InChI=1S/C5H7N3O/c6-8-4-2-1-3-5(9)7-4/h1-3H,6H2,(H2,7,8,9). The quantitative estimate of drug-likeness (QED) is 0.355. The van der Waals surface area contributed by atoms with Crippen LogP contribution < -0.4 is 16.8 Å². The highest BCUT2D eigenvalue weighted by molar-refractivity contribution is 5.30. The van der Waals surface area contributed by atoms with Crippen LogP contribution in [-0.2, 0) is 0 Å². The zero-order valence-corrected chi connectivity index (χ0v) is 4.72. The summed E-state index contributed by atoms with van der Waals surface area (Å²) in [5.41, 5.74) is 2.15. The number of H-pyrrole nitrogens is 1. The highest BCUT2D eigenvalue weighted by Crippen LogP contribution is 1.90. The Labute approximate surface area is 51.7 Å². The Kier molecular flexibility index (Phi) is 1.51. The Morgan fingerprint density at radius 3 is 2.78 bits per heavy atom. The molecule has 0 aliphatic rings. The van der Waals surface area contributed by atoms with Crippen molar-refractivity contribution >= 4 is 5.82 Å². The number of nitrogens with two attached hydrogens (primary N) is 1. The molecule has 1 aromatic rings. The van der Waals surface area contributed by atoms with Crippen LogP contribution in [0.5, 0.6) is 0 Å². The molecule has 0 radical (unpaired) electrons. The Bertz CT molecular complexity index is 242. The first-order valence-corrected chi connectivity index (χ1v) is 2.49. The molecular weight excluding hydrogens is 118 g/mol. The number of rotatable bonds is 1. The molecule has 0 bridgehead atoms. The predicted octanol–water partition coefficient (Wildman–Crippen LogP) is -0.340. The van der Waals surface area contributed by atoms with Gasteiger partial charge in [-0.05, 0) is 6.07 Å². The number of pyridine rings is 1. The lowest BCUT2D eigenvalue weighted by Crippen LogP contribution is -2.13. The molecule has 0 saturated heterocycles. The highest BCUT2D eigenvalue weighted by atomic mass is 16.1. The van der Waals surface area contributed by atoms with E-state index in [2.05, 4.69) is 10.4 Å². The molecule has 4 nitrogen and oxygen atoms in total. The molecule has 0 spiro atoms.